The molecule has 1 saturated heterocycles. The van der Waals surface area contributed by atoms with Crippen LogP contribution in [0, 0.1) is 5.92 Å². The number of H-pyrrole nitrogens is 1. The minimum atomic E-state index is 0.652. The van der Waals surface area contributed by atoms with Crippen LogP contribution in [0.25, 0.3) is 10.9 Å². The smallest absolute Gasteiger partial charge is 0.0459 e. The molecule has 2 heterocycles. The van der Waals surface area contributed by atoms with E-state index in [1.807, 2.05) is 0 Å². The van der Waals surface area contributed by atoms with E-state index >= 15 is 0 Å². The highest BCUT2D eigenvalue weighted by atomic mass is 15.1. The van der Waals surface area contributed by atoms with Gasteiger partial charge in [-0.05, 0) is 56.8 Å². The molecule has 0 spiro atoms. The van der Waals surface area contributed by atoms with Crippen LogP contribution in [0.15, 0.2) is 24.3 Å². The van der Waals surface area contributed by atoms with E-state index in [2.05, 4.69) is 41.2 Å². The van der Waals surface area contributed by atoms with Crippen molar-refractivity contribution in [3.05, 3.63) is 35.5 Å². The number of hydrogen-bond acceptors (Lipinski definition) is 1. The second kappa shape index (κ2) is 3.86. The third-order valence-electron chi connectivity index (χ3n) is 4.90. The molecule has 1 N–H and O–H groups in total. The van der Waals surface area contributed by atoms with Gasteiger partial charge in [-0.15, -0.1) is 0 Å². The fourth-order valence-electron chi connectivity index (χ4n) is 4.10. The Balaban J connectivity index is 1.93. The van der Waals surface area contributed by atoms with Gasteiger partial charge in [-0.25, -0.2) is 0 Å². The number of fused-ring (bicyclic) bond motifs is 5. The van der Waals surface area contributed by atoms with Gasteiger partial charge in [0.15, 0.2) is 0 Å². The number of aryl methyl sites for hydroxylation is 1. The van der Waals surface area contributed by atoms with Crippen molar-refractivity contribution in [2.75, 3.05) is 13.6 Å². The van der Waals surface area contributed by atoms with Gasteiger partial charge in [0.05, 0.1) is 0 Å². The van der Waals surface area contributed by atoms with Crippen LogP contribution in [0.4, 0.5) is 0 Å². The van der Waals surface area contributed by atoms with Gasteiger partial charge in [0, 0.05) is 22.6 Å². The zero-order chi connectivity index (χ0) is 12.1. The summed E-state index contributed by atoms with van der Waals surface area (Å²) in [5.74, 6) is 0.871. The maximum atomic E-state index is 3.64. The Kier molecular flexibility index (Phi) is 2.28. The maximum Gasteiger partial charge on any atom is 0.0459 e. The Morgan fingerprint density at radius 1 is 1.22 bits per heavy atom. The van der Waals surface area contributed by atoms with E-state index in [1.54, 1.807) is 5.56 Å². The molecule has 2 atom stereocenters. The number of rotatable bonds is 0. The lowest BCUT2D eigenvalue weighted by molar-refractivity contribution is 0.107. The highest BCUT2D eigenvalue weighted by Gasteiger charge is 2.36. The van der Waals surface area contributed by atoms with Gasteiger partial charge < -0.3 is 4.98 Å². The summed E-state index contributed by atoms with van der Waals surface area (Å²) in [5, 5.41) is 1.45. The fraction of sp³-hybridized carbons (Fsp3) is 0.500. The van der Waals surface area contributed by atoms with E-state index in [-0.39, 0.29) is 0 Å². The van der Waals surface area contributed by atoms with Gasteiger partial charge in [0.1, 0.15) is 0 Å². The Bertz CT molecular complexity index is 584. The highest BCUT2D eigenvalue weighted by Crippen LogP contribution is 2.45. The molecule has 18 heavy (non-hydrogen) atoms. The van der Waals surface area contributed by atoms with Crippen molar-refractivity contribution in [2.45, 2.75) is 31.7 Å². The maximum absolute atomic E-state index is 3.64. The van der Waals surface area contributed by atoms with Crippen molar-refractivity contribution in [3.8, 4) is 0 Å². The third kappa shape index (κ3) is 1.39. The van der Waals surface area contributed by atoms with Crippen molar-refractivity contribution in [1.29, 1.82) is 0 Å². The number of nitrogens with one attached hydrogen (secondary N) is 1. The van der Waals surface area contributed by atoms with Crippen LogP contribution in [0.2, 0.25) is 0 Å². The summed E-state index contributed by atoms with van der Waals surface area (Å²) < 4.78 is 0. The lowest BCUT2D eigenvalue weighted by Crippen LogP contribution is -2.38. The van der Waals surface area contributed by atoms with Gasteiger partial charge in [-0.2, -0.15) is 0 Å². The summed E-state index contributed by atoms with van der Waals surface area (Å²) in [4.78, 5) is 6.22. The van der Waals surface area contributed by atoms with Crippen LogP contribution < -0.4 is 0 Å². The number of aromatic amines is 1. The van der Waals surface area contributed by atoms with Crippen LogP contribution in [0.3, 0.4) is 0 Å². The average Bonchev–Trinajstić information content (AvgIpc) is 2.77. The lowest BCUT2D eigenvalue weighted by atomic mass is 9.76. The molecule has 1 aromatic carbocycles. The van der Waals surface area contributed by atoms with E-state index in [0.717, 1.165) is 5.92 Å². The lowest BCUT2D eigenvalue weighted by Gasteiger charge is -2.42. The molecular weight excluding hydrogens is 220 g/mol. The molecule has 94 valence electrons. The van der Waals surface area contributed by atoms with Crippen molar-refractivity contribution in [2.24, 2.45) is 5.92 Å². The molecule has 2 aliphatic rings. The number of likely N-dealkylation sites (tertiary alicyclic amines) is 1. The summed E-state index contributed by atoms with van der Waals surface area (Å²) >= 11 is 0. The first-order valence-electron chi connectivity index (χ1n) is 7.14. The molecule has 0 amide bonds. The van der Waals surface area contributed by atoms with Crippen LogP contribution in [0.5, 0.6) is 0 Å². The van der Waals surface area contributed by atoms with Crippen molar-refractivity contribution < 1.29 is 0 Å². The first kappa shape index (κ1) is 10.6. The van der Waals surface area contributed by atoms with E-state index in [4.69, 9.17) is 0 Å². The number of benzene rings is 1. The average molecular weight is 240 g/mol. The number of piperidine rings is 1. The molecule has 1 aromatic heterocycles. The molecule has 0 saturated carbocycles. The van der Waals surface area contributed by atoms with Crippen LogP contribution >= 0.6 is 0 Å². The monoisotopic (exact) mass is 240 g/mol. The normalized spacial score (nSPS) is 28.1. The molecule has 1 fully saturated rings. The van der Waals surface area contributed by atoms with Gasteiger partial charge in [0.2, 0.25) is 0 Å². The molecule has 1 aliphatic carbocycles. The van der Waals surface area contributed by atoms with Crippen molar-refractivity contribution in [3.63, 3.8) is 0 Å². The van der Waals surface area contributed by atoms with Crippen LogP contribution in [0.1, 0.15) is 36.6 Å². The van der Waals surface area contributed by atoms with Gasteiger partial charge >= 0.3 is 0 Å². The highest BCUT2D eigenvalue weighted by molar-refractivity contribution is 5.85. The second-order valence-corrected chi connectivity index (χ2v) is 5.93. The summed E-state index contributed by atoms with van der Waals surface area (Å²) in [5.41, 5.74) is 4.41. The minimum absolute atomic E-state index is 0.652. The molecule has 2 aromatic rings. The molecule has 0 radical (unpaired) electrons. The molecule has 4 rings (SSSR count). The first-order chi connectivity index (χ1) is 8.84. The third-order valence-corrected chi connectivity index (χ3v) is 4.90. The zero-order valence-corrected chi connectivity index (χ0v) is 10.9. The van der Waals surface area contributed by atoms with E-state index in [9.17, 15) is 0 Å². The summed E-state index contributed by atoms with van der Waals surface area (Å²) in [6.07, 6.45) is 5.37. The number of nitrogens with zero attached hydrogens (tertiary/aromatic N) is 1. The van der Waals surface area contributed by atoms with E-state index < -0.39 is 0 Å². The molecule has 2 nitrogen and oxygen atoms in total. The predicted octanol–water partition coefficient (Wildman–Crippen LogP) is 3.50. The summed E-state index contributed by atoms with van der Waals surface area (Å²) in [7, 11) is 2.30. The number of aromatic nitrogens is 1. The van der Waals surface area contributed by atoms with E-state index in [1.165, 1.54) is 48.8 Å². The predicted molar refractivity (Wildman–Crippen MR) is 74.7 cm³/mol. The molecule has 0 unspecified atom stereocenters. The minimum Gasteiger partial charge on any atom is -0.358 e. The quantitative estimate of drug-likeness (QED) is 0.746. The van der Waals surface area contributed by atoms with Crippen LogP contribution in [-0.4, -0.2) is 23.5 Å². The Labute approximate surface area is 108 Å². The van der Waals surface area contributed by atoms with Gasteiger partial charge in [-0.1, -0.05) is 18.2 Å². The van der Waals surface area contributed by atoms with Crippen molar-refractivity contribution >= 4 is 10.9 Å². The molecule has 1 aliphatic heterocycles. The number of hydrogen-bond donors (Lipinski definition) is 1. The Hall–Kier alpha value is -1.28. The topological polar surface area (TPSA) is 19.0 Å². The summed E-state index contributed by atoms with van der Waals surface area (Å²) in [6, 6.07) is 9.45. The largest absolute Gasteiger partial charge is 0.358 e. The SMILES string of the molecule is CN1CCC[C@H]2CCc3[nH]c4ccccc4c3[C@H]21. The number of para-hydroxylation sites is 1. The zero-order valence-electron chi connectivity index (χ0n) is 10.9. The van der Waals surface area contributed by atoms with E-state index in [0.29, 0.717) is 6.04 Å². The van der Waals surface area contributed by atoms with Gasteiger partial charge in [0.25, 0.3) is 0 Å². The second-order valence-electron chi connectivity index (χ2n) is 5.93. The molecule has 0 bridgehead atoms. The van der Waals surface area contributed by atoms with Crippen LogP contribution in [-0.2, 0) is 6.42 Å². The Morgan fingerprint density at radius 3 is 3.06 bits per heavy atom. The fourth-order valence-corrected chi connectivity index (χ4v) is 4.10. The first-order valence-corrected chi connectivity index (χ1v) is 7.14. The Morgan fingerprint density at radius 2 is 2.11 bits per heavy atom. The standard InChI is InChI=1S/C16H20N2/c1-18-10-4-5-11-8-9-14-15(16(11)18)12-6-2-3-7-13(12)17-14/h2-3,6-7,11,16-17H,4-5,8-10H2,1H3/t11-,16-/m0/s1. The molecule has 2 heteroatoms. The van der Waals surface area contributed by atoms with Crippen molar-refractivity contribution in [1.82, 2.24) is 9.88 Å². The van der Waals surface area contributed by atoms with Gasteiger partial charge in [-0.3, -0.25) is 4.90 Å². The summed E-state index contributed by atoms with van der Waals surface area (Å²) in [6.45, 7) is 1.25. The molecular formula is C16H20N2.